The largest absolute Gasteiger partial charge is 0.493 e. The van der Waals surface area contributed by atoms with Crippen LogP contribution in [0, 0.1) is 0 Å². The molecular formula is C23H34N4O2. The van der Waals surface area contributed by atoms with Crippen LogP contribution in [-0.4, -0.2) is 73.3 Å². The Kier molecular flexibility index (Phi) is 6.50. The summed E-state index contributed by atoms with van der Waals surface area (Å²) in [6.07, 6.45) is 5.67. The summed E-state index contributed by atoms with van der Waals surface area (Å²) in [5.74, 6) is 2.93. The Bertz CT molecular complexity index is 835. The highest BCUT2D eigenvalue weighted by atomic mass is 16.5. The third kappa shape index (κ3) is 4.64. The lowest BCUT2D eigenvalue weighted by molar-refractivity contribution is 0.254. The third-order valence-corrected chi connectivity index (χ3v) is 6.23. The summed E-state index contributed by atoms with van der Waals surface area (Å²) in [7, 11) is 3.89. The van der Waals surface area contributed by atoms with Crippen LogP contribution in [0.3, 0.4) is 0 Å². The summed E-state index contributed by atoms with van der Waals surface area (Å²) in [6.45, 7) is 8.55. The molecule has 2 aliphatic rings. The predicted octanol–water partition coefficient (Wildman–Crippen LogP) is 3.48. The van der Waals surface area contributed by atoms with E-state index < -0.39 is 0 Å². The number of likely N-dealkylation sites (N-methyl/N-ethyl adjacent to an activating group) is 1. The second-order valence-corrected chi connectivity index (χ2v) is 8.40. The molecule has 1 unspecified atom stereocenters. The van der Waals surface area contributed by atoms with Crippen molar-refractivity contribution in [2.24, 2.45) is 0 Å². The van der Waals surface area contributed by atoms with Crippen molar-refractivity contribution < 1.29 is 9.47 Å². The third-order valence-electron chi connectivity index (χ3n) is 6.23. The van der Waals surface area contributed by atoms with Gasteiger partial charge in [-0.05, 0) is 58.4 Å². The maximum atomic E-state index is 6.13. The fraction of sp³-hybridized carbons (Fsp3) is 0.652. The normalized spacial score (nSPS) is 20.6. The summed E-state index contributed by atoms with van der Waals surface area (Å²) in [5.41, 5.74) is 2.13. The minimum Gasteiger partial charge on any atom is -0.493 e. The van der Waals surface area contributed by atoms with E-state index >= 15 is 0 Å². The number of rotatable bonds is 8. The number of likely N-dealkylation sites (tertiary alicyclic amines) is 2. The highest BCUT2D eigenvalue weighted by Crippen LogP contribution is 2.37. The molecule has 0 saturated carbocycles. The minimum absolute atomic E-state index is 0.452. The molecule has 3 heterocycles. The molecule has 6 nitrogen and oxygen atoms in total. The molecule has 1 aromatic carbocycles. The molecule has 2 aromatic rings. The molecule has 0 aliphatic carbocycles. The molecule has 158 valence electrons. The minimum atomic E-state index is 0.452. The highest BCUT2D eigenvalue weighted by Gasteiger charge is 2.26. The fourth-order valence-electron chi connectivity index (χ4n) is 4.59. The van der Waals surface area contributed by atoms with E-state index in [-0.39, 0.29) is 0 Å². The van der Waals surface area contributed by atoms with Gasteiger partial charge in [0.25, 0.3) is 0 Å². The number of aromatic nitrogens is 2. The van der Waals surface area contributed by atoms with E-state index in [0.717, 1.165) is 72.8 Å². The van der Waals surface area contributed by atoms with Crippen LogP contribution in [-0.2, 0) is 6.42 Å². The number of benzene rings is 1. The number of fused-ring (bicyclic) bond motifs is 1. The van der Waals surface area contributed by atoms with E-state index in [4.69, 9.17) is 19.4 Å². The SMILES string of the molecule is CCc1nc(C2CCN(C)C2)c2cc(OC)c(OCCCN3CCCC3)cc2n1. The van der Waals surface area contributed by atoms with E-state index in [0.29, 0.717) is 12.5 Å². The lowest BCUT2D eigenvalue weighted by atomic mass is 9.99. The van der Waals surface area contributed by atoms with Crippen LogP contribution >= 0.6 is 0 Å². The summed E-state index contributed by atoms with van der Waals surface area (Å²) in [5, 5.41) is 1.10. The molecule has 2 fully saturated rings. The molecular weight excluding hydrogens is 364 g/mol. The summed E-state index contributed by atoms with van der Waals surface area (Å²) in [4.78, 5) is 14.6. The number of hydrogen-bond acceptors (Lipinski definition) is 6. The lowest BCUT2D eigenvalue weighted by Gasteiger charge is -2.18. The Morgan fingerprint density at radius 3 is 2.62 bits per heavy atom. The topological polar surface area (TPSA) is 50.7 Å². The molecule has 0 amide bonds. The van der Waals surface area contributed by atoms with Crippen molar-refractivity contribution in [1.82, 2.24) is 19.8 Å². The Labute approximate surface area is 174 Å². The molecule has 29 heavy (non-hydrogen) atoms. The quantitative estimate of drug-likeness (QED) is 0.635. The highest BCUT2D eigenvalue weighted by molar-refractivity contribution is 5.85. The van der Waals surface area contributed by atoms with Crippen LogP contribution in [0.5, 0.6) is 11.5 Å². The van der Waals surface area contributed by atoms with Crippen molar-refractivity contribution in [2.75, 3.05) is 53.5 Å². The molecule has 2 saturated heterocycles. The fourth-order valence-corrected chi connectivity index (χ4v) is 4.59. The molecule has 1 aromatic heterocycles. The van der Waals surface area contributed by atoms with Crippen LogP contribution in [0.1, 0.15) is 50.0 Å². The molecule has 4 rings (SSSR count). The predicted molar refractivity (Wildman–Crippen MR) is 116 cm³/mol. The van der Waals surface area contributed by atoms with E-state index in [1.54, 1.807) is 7.11 Å². The number of methoxy groups -OCH3 is 1. The van der Waals surface area contributed by atoms with E-state index in [2.05, 4.69) is 29.8 Å². The van der Waals surface area contributed by atoms with Gasteiger partial charge in [-0.25, -0.2) is 9.97 Å². The Balaban J connectivity index is 1.56. The van der Waals surface area contributed by atoms with Crippen molar-refractivity contribution in [1.29, 1.82) is 0 Å². The first-order valence-electron chi connectivity index (χ1n) is 11.1. The number of aryl methyl sites for hydroxylation is 1. The van der Waals surface area contributed by atoms with Crippen molar-refractivity contribution in [3.63, 3.8) is 0 Å². The van der Waals surface area contributed by atoms with Crippen LogP contribution in [0.4, 0.5) is 0 Å². The first-order chi connectivity index (χ1) is 14.2. The maximum Gasteiger partial charge on any atom is 0.163 e. The number of hydrogen-bond donors (Lipinski definition) is 0. The van der Waals surface area contributed by atoms with Gasteiger partial charge in [-0.15, -0.1) is 0 Å². The lowest BCUT2D eigenvalue weighted by Crippen LogP contribution is -2.21. The first kappa shape index (κ1) is 20.4. The van der Waals surface area contributed by atoms with Gasteiger partial charge in [-0.2, -0.15) is 0 Å². The summed E-state index contributed by atoms with van der Waals surface area (Å²) >= 11 is 0. The molecule has 0 radical (unpaired) electrons. The van der Waals surface area contributed by atoms with Gasteiger partial charge in [0.2, 0.25) is 0 Å². The van der Waals surface area contributed by atoms with Crippen molar-refractivity contribution in [3.8, 4) is 11.5 Å². The van der Waals surface area contributed by atoms with Gasteiger partial charge < -0.3 is 19.3 Å². The van der Waals surface area contributed by atoms with E-state index in [9.17, 15) is 0 Å². The first-order valence-corrected chi connectivity index (χ1v) is 11.1. The van der Waals surface area contributed by atoms with Crippen LogP contribution in [0.15, 0.2) is 12.1 Å². The number of nitrogens with zero attached hydrogens (tertiary/aromatic N) is 4. The molecule has 0 N–H and O–H groups in total. The molecule has 2 aliphatic heterocycles. The van der Waals surface area contributed by atoms with Gasteiger partial charge in [0.1, 0.15) is 5.82 Å². The van der Waals surface area contributed by atoms with Gasteiger partial charge in [-0.1, -0.05) is 6.92 Å². The Morgan fingerprint density at radius 2 is 1.93 bits per heavy atom. The molecule has 1 atom stereocenters. The smallest absolute Gasteiger partial charge is 0.163 e. The van der Waals surface area contributed by atoms with Crippen LogP contribution in [0.2, 0.25) is 0 Å². The standard InChI is InChI=1S/C23H34N4O2/c1-4-22-24-19-15-21(29-13-7-11-27-9-5-6-10-27)20(28-3)14-18(19)23(25-22)17-8-12-26(2)16-17/h14-15,17H,4-13,16H2,1-3H3. The second-order valence-electron chi connectivity index (χ2n) is 8.40. The Morgan fingerprint density at radius 1 is 1.10 bits per heavy atom. The second kappa shape index (κ2) is 9.26. The average molecular weight is 399 g/mol. The van der Waals surface area contributed by atoms with Gasteiger partial charge in [0, 0.05) is 36.9 Å². The zero-order valence-corrected chi connectivity index (χ0v) is 18.1. The zero-order valence-electron chi connectivity index (χ0n) is 18.1. The Hall–Kier alpha value is -1.92. The van der Waals surface area contributed by atoms with E-state index in [1.165, 1.54) is 25.9 Å². The average Bonchev–Trinajstić information content (AvgIpc) is 3.41. The van der Waals surface area contributed by atoms with Crippen molar-refractivity contribution in [2.45, 2.75) is 44.9 Å². The molecule has 0 spiro atoms. The van der Waals surface area contributed by atoms with Crippen LogP contribution in [0.25, 0.3) is 10.9 Å². The van der Waals surface area contributed by atoms with Gasteiger partial charge in [0.15, 0.2) is 11.5 Å². The van der Waals surface area contributed by atoms with Gasteiger partial charge in [-0.3, -0.25) is 0 Å². The van der Waals surface area contributed by atoms with Crippen LogP contribution < -0.4 is 9.47 Å². The monoisotopic (exact) mass is 398 g/mol. The van der Waals surface area contributed by atoms with Gasteiger partial charge in [0.05, 0.1) is 24.9 Å². The van der Waals surface area contributed by atoms with Crippen molar-refractivity contribution >= 4 is 10.9 Å². The van der Waals surface area contributed by atoms with Crippen molar-refractivity contribution in [3.05, 3.63) is 23.7 Å². The molecule has 6 heteroatoms. The van der Waals surface area contributed by atoms with Gasteiger partial charge >= 0.3 is 0 Å². The zero-order chi connectivity index (χ0) is 20.2. The maximum absolute atomic E-state index is 6.13. The number of ether oxygens (including phenoxy) is 2. The van der Waals surface area contributed by atoms with E-state index in [1.807, 2.05) is 6.07 Å². The summed E-state index contributed by atoms with van der Waals surface area (Å²) < 4.78 is 11.8. The summed E-state index contributed by atoms with van der Waals surface area (Å²) in [6, 6.07) is 4.13. The molecule has 0 bridgehead atoms.